The van der Waals surface area contributed by atoms with Crippen LogP contribution in [0.15, 0.2) is 42.5 Å². The van der Waals surface area contributed by atoms with Crippen molar-refractivity contribution in [2.24, 2.45) is 0 Å². The molecule has 1 aliphatic rings. The second-order valence-electron chi connectivity index (χ2n) is 6.93. The van der Waals surface area contributed by atoms with E-state index in [2.05, 4.69) is 17.0 Å². The molecule has 0 N–H and O–H groups in total. The minimum Gasteiger partial charge on any atom is -0.496 e. The van der Waals surface area contributed by atoms with Crippen LogP contribution in [0.4, 0.5) is 18.9 Å². The van der Waals surface area contributed by atoms with E-state index in [4.69, 9.17) is 4.74 Å². The molecular weight excluding hydrogens is 389 g/mol. The molecule has 154 valence electrons. The van der Waals surface area contributed by atoms with Crippen LogP contribution < -0.4 is 9.64 Å². The van der Waals surface area contributed by atoms with Crippen LogP contribution in [-0.2, 0) is 12.6 Å². The molecule has 7 heteroatoms. The number of anilines is 1. The van der Waals surface area contributed by atoms with Gasteiger partial charge in [0.25, 0.3) is 0 Å². The van der Waals surface area contributed by atoms with Gasteiger partial charge in [0, 0.05) is 38.4 Å². The molecule has 2 aromatic carbocycles. The van der Waals surface area contributed by atoms with Crippen molar-refractivity contribution in [3.63, 3.8) is 0 Å². The van der Waals surface area contributed by atoms with Crippen LogP contribution in [0.2, 0.25) is 0 Å². The lowest BCUT2D eigenvalue weighted by atomic mass is 10.1. The van der Waals surface area contributed by atoms with Gasteiger partial charge in [0.05, 0.1) is 12.7 Å². The summed E-state index contributed by atoms with van der Waals surface area (Å²) in [6, 6.07) is 11.8. The van der Waals surface area contributed by atoms with Crippen molar-refractivity contribution in [2.45, 2.75) is 19.5 Å². The Bertz CT molecular complexity index is 774. The van der Waals surface area contributed by atoms with E-state index in [0.717, 1.165) is 56.5 Å². The Labute approximate surface area is 170 Å². The molecule has 28 heavy (non-hydrogen) atoms. The quantitative estimate of drug-likeness (QED) is 0.698. The Hall–Kier alpha value is -1.92. The van der Waals surface area contributed by atoms with Gasteiger partial charge >= 0.3 is 6.18 Å². The van der Waals surface area contributed by atoms with Gasteiger partial charge in [0.2, 0.25) is 0 Å². The van der Waals surface area contributed by atoms with Gasteiger partial charge in [0.1, 0.15) is 5.75 Å². The molecule has 0 bridgehead atoms. The summed E-state index contributed by atoms with van der Waals surface area (Å²) in [4.78, 5) is 4.40. The number of alkyl halides is 3. The molecule has 3 rings (SSSR count). The molecular formula is C21H26ClF3N2O. The highest BCUT2D eigenvalue weighted by atomic mass is 35.5. The number of rotatable bonds is 5. The van der Waals surface area contributed by atoms with Gasteiger partial charge in [-0.25, -0.2) is 0 Å². The van der Waals surface area contributed by atoms with Crippen LogP contribution in [0.5, 0.6) is 5.75 Å². The monoisotopic (exact) mass is 414 g/mol. The van der Waals surface area contributed by atoms with Crippen molar-refractivity contribution >= 4 is 18.1 Å². The van der Waals surface area contributed by atoms with Crippen LogP contribution >= 0.6 is 12.4 Å². The standard InChI is InChI=1S/C21H25F3N2O.ClH/c1-16-14-17(6-7-20(16)27-2)8-9-25-10-12-26(13-11-25)19-5-3-4-18(15-19)21(22,23)24;/h3-7,14-15H,8-13H2,1-2H3;1H. The normalized spacial score (nSPS) is 15.2. The highest BCUT2D eigenvalue weighted by molar-refractivity contribution is 5.85. The number of aryl methyl sites for hydroxylation is 1. The van der Waals surface area contributed by atoms with E-state index in [1.54, 1.807) is 13.2 Å². The predicted molar refractivity (Wildman–Crippen MR) is 109 cm³/mol. The van der Waals surface area contributed by atoms with Gasteiger partial charge < -0.3 is 9.64 Å². The first-order valence-corrected chi connectivity index (χ1v) is 9.15. The van der Waals surface area contributed by atoms with E-state index in [1.165, 1.54) is 17.7 Å². The lowest BCUT2D eigenvalue weighted by Crippen LogP contribution is -2.47. The number of piperazine rings is 1. The third-order valence-corrected chi connectivity index (χ3v) is 5.09. The molecule has 0 spiro atoms. The van der Waals surface area contributed by atoms with Gasteiger partial charge in [-0.2, -0.15) is 13.2 Å². The fraction of sp³-hybridized carbons (Fsp3) is 0.429. The molecule has 0 radical (unpaired) electrons. The average Bonchev–Trinajstić information content (AvgIpc) is 2.66. The summed E-state index contributed by atoms with van der Waals surface area (Å²) >= 11 is 0. The molecule has 0 aromatic heterocycles. The molecule has 0 aliphatic carbocycles. The summed E-state index contributed by atoms with van der Waals surface area (Å²) in [7, 11) is 1.67. The zero-order valence-electron chi connectivity index (χ0n) is 16.1. The van der Waals surface area contributed by atoms with E-state index >= 15 is 0 Å². The molecule has 1 fully saturated rings. The summed E-state index contributed by atoms with van der Waals surface area (Å²) in [6.45, 7) is 6.17. The number of nitrogens with zero attached hydrogens (tertiary/aromatic N) is 2. The SMILES string of the molecule is COc1ccc(CCN2CCN(c3cccc(C(F)(F)F)c3)CC2)cc1C.Cl. The predicted octanol–water partition coefficient (Wildman–Crippen LogP) is 4.81. The Morgan fingerprint density at radius 2 is 1.71 bits per heavy atom. The van der Waals surface area contributed by atoms with Crippen LogP contribution in [0.25, 0.3) is 0 Å². The molecule has 1 heterocycles. The van der Waals surface area contributed by atoms with Crippen molar-refractivity contribution in [1.82, 2.24) is 4.90 Å². The van der Waals surface area contributed by atoms with Gasteiger partial charge in [-0.1, -0.05) is 18.2 Å². The van der Waals surface area contributed by atoms with Crippen LogP contribution in [0.3, 0.4) is 0 Å². The van der Waals surface area contributed by atoms with Gasteiger partial charge in [-0.05, 0) is 48.7 Å². The molecule has 2 aromatic rings. The average molecular weight is 415 g/mol. The number of methoxy groups -OCH3 is 1. The zero-order chi connectivity index (χ0) is 19.4. The van der Waals surface area contributed by atoms with E-state index < -0.39 is 11.7 Å². The second-order valence-corrected chi connectivity index (χ2v) is 6.93. The second kappa shape index (κ2) is 9.52. The van der Waals surface area contributed by atoms with Crippen molar-refractivity contribution in [2.75, 3.05) is 44.7 Å². The molecule has 3 nitrogen and oxygen atoms in total. The molecule has 1 aliphatic heterocycles. The van der Waals surface area contributed by atoms with E-state index in [-0.39, 0.29) is 12.4 Å². The molecule has 0 saturated carbocycles. The Balaban J connectivity index is 0.00000280. The third kappa shape index (κ3) is 5.55. The highest BCUT2D eigenvalue weighted by Gasteiger charge is 2.31. The van der Waals surface area contributed by atoms with Crippen molar-refractivity contribution in [1.29, 1.82) is 0 Å². The largest absolute Gasteiger partial charge is 0.496 e. The summed E-state index contributed by atoms with van der Waals surface area (Å²) in [5.74, 6) is 0.897. The first-order chi connectivity index (χ1) is 12.9. The Morgan fingerprint density at radius 3 is 2.32 bits per heavy atom. The number of benzene rings is 2. The Morgan fingerprint density at radius 1 is 1.00 bits per heavy atom. The topological polar surface area (TPSA) is 15.7 Å². The minimum absolute atomic E-state index is 0. The Kier molecular flexibility index (Phi) is 7.61. The van der Waals surface area contributed by atoms with E-state index in [9.17, 15) is 13.2 Å². The number of ether oxygens (including phenoxy) is 1. The lowest BCUT2D eigenvalue weighted by molar-refractivity contribution is -0.137. The summed E-state index contributed by atoms with van der Waals surface area (Å²) in [5.41, 5.74) is 2.46. The zero-order valence-corrected chi connectivity index (χ0v) is 16.9. The minimum atomic E-state index is -4.30. The lowest BCUT2D eigenvalue weighted by Gasteiger charge is -2.36. The maximum Gasteiger partial charge on any atom is 0.416 e. The fourth-order valence-electron chi connectivity index (χ4n) is 3.49. The van der Waals surface area contributed by atoms with Gasteiger partial charge in [-0.15, -0.1) is 12.4 Å². The number of hydrogen-bond acceptors (Lipinski definition) is 3. The van der Waals surface area contributed by atoms with Crippen LogP contribution in [0, 0.1) is 6.92 Å². The van der Waals surface area contributed by atoms with Crippen molar-refractivity contribution in [3.8, 4) is 5.75 Å². The van der Waals surface area contributed by atoms with Crippen LogP contribution in [0.1, 0.15) is 16.7 Å². The van der Waals surface area contributed by atoms with Crippen LogP contribution in [-0.4, -0.2) is 44.7 Å². The number of hydrogen-bond donors (Lipinski definition) is 0. The molecule has 0 unspecified atom stereocenters. The smallest absolute Gasteiger partial charge is 0.416 e. The molecule has 0 amide bonds. The number of halogens is 4. The van der Waals surface area contributed by atoms with Gasteiger partial charge in [-0.3, -0.25) is 4.90 Å². The third-order valence-electron chi connectivity index (χ3n) is 5.09. The summed E-state index contributed by atoms with van der Waals surface area (Å²) in [6.07, 6.45) is -3.34. The maximum atomic E-state index is 12.9. The highest BCUT2D eigenvalue weighted by Crippen LogP contribution is 2.31. The van der Waals surface area contributed by atoms with Gasteiger partial charge in [0.15, 0.2) is 0 Å². The first kappa shape index (κ1) is 22.4. The van der Waals surface area contributed by atoms with E-state index in [1.807, 2.05) is 17.9 Å². The summed E-state index contributed by atoms with van der Waals surface area (Å²) < 4.78 is 44.0. The summed E-state index contributed by atoms with van der Waals surface area (Å²) in [5, 5.41) is 0. The van der Waals surface area contributed by atoms with Crippen molar-refractivity contribution < 1.29 is 17.9 Å². The van der Waals surface area contributed by atoms with Crippen molar-refractivity contribution in [3.05, 3.63) is 59.2 Å². The molecule has 0 atom stereocenters. The van der Waals surface area contributed by atoms with E-state index in [0.29, 0.717) is 5.69 Å². The fourth-order valence-corrected chi connectivity index (χ4v) is 3.49. The molecule has 1 saturated heterocycles. The maximum absolute atomic E-state index is 12.9. The first-order valence-electron chi connectivity index (χ1n) is 9.15.